The predicted octanol–water partition coefficient (Wildman–Crippen LogP) is 4.47. The molecule has 1 fully saturated rings. The maximum Gasteiger partial charge on any atom is 0.253 e. The lowest BCUT2D eigenvalue weighted by atomic mass is 9.86. The summed E-state index contributed by atoms with van der Waals surface area (Å²) in [6, 6.07) is 13.9. The summed E-state index contributed by atoms with van der Waals surface area (Å²) >= 11 is 6.17. The number of amides is 1. The number of hydrogen-bond acceptors (Lipinski definition) is 3. The molecule has 0 bridgehead atoms. The van der Waals surface area contributed by atoms with Crippen molar-refractivity contribution in [3.63, 3.8) is 0 Å². The third-order valence-electron chi connectivity index (χ3n) is 5.63. The number of benzene rings is 2. The van der Waals surface area contributed by atoms with Gasteiger partial charge in [0.1, 0.15) is 4.90 Å². The molecule has 1 saturated carbocycles. The zero-order chi connectivity index (χ0) is 21.0. The fourth-order valence-electron chi connectivity index (χ4n) is 3.69. The first-order valence-corrected chi connectivity index (χ1v) is 11.7. The van der Waals surface area contributed by atoms with Crippen LogP contribution in [0.5, 0.6) is 0 Å². The van der Waals surface area contributed by atoms with E-state index in [1.54, 1.807) is 18.0 Å². The Hall–Kier alpha value is -1.89. The minimum absolute atomic E-state index is 0.0772. The number of rotatable bonds is 6. The first kappa shape index (κ1) is 21.8. The van der Waals surface area contributed by atoms with Crippen LogP contribution in [0.15, 0.2) is 53.4 Å². The average Bonchev–Trinajstić information content (AvgIpc) is 2.73. The van der Waals surface area contributed by atoms with Gasteiger partial charge in [-0.1, -0.05) is 48.9 Å². The van der Waals surface area contributed by atoms with E-state index in [1.165, 1.54) is 12.1 Å². The number of halogens is 1. The number of carbonyl (C=O) groups is 1. The van der Waals surface area contributed by atoms with Gasteiger partial charge in [-0.15, -0.1) is 0 Å². The highest BCUT2D eigenvalue weighted by Gasteiger charge is 2.27. The normalized spacial score (nSPS) is 19.7. The molecule has 0 aliphatic heterocycles. The standard InChI is InChI=1S/C22H27ClN2O3S/c1-16-8-11-19(12-9-16)25(2)22(26)18-10-13-20(23)21(14-18)29(27,28)24-15-17-6-4-3-5-7-17/h3-7,10,13-14,16,19,24H,8-9,11-12,15H2,1-2H3. The summed E-state index contributed by atoms with van der Waals surface area (Å²) in [5.74, 6) is 0.512. The van der Waals surface area contributed by atoms with Crippen LogP contribution >= 0.6 is 11.6 Å². The minimum Gasteiger partial charge on any atom is -0.339 e. The zero-order valence-electron chi connectivity index (χ0n) is 16.8. The first-order chi connectivity index (χ1) is 13.8. The Kier molecular flexibility index (Phi) is 6.98. The third kappa shape index (κ3) is 5.38. The Morgan fingerprint density at radius 3 is 2.41 bits per heavy atom. The van der Waals surface area contributed by atoms with Gasteiger partial charge in [-0.05, 0) is 55.4 Å². The monoisotopic (exact) mass is 434 g/mol. The van der Waals surface area contributed by atoms with E-state index in [0.717, 1.165) is 31.2 Å². The van der Waals surface area contributed by atoms with Crippen LogP contribution < -0.4 is 4.72 Å². The molecule has 1 aliphatic rings. The SMILES string of the molecule is CC1CCC(N(C)C(=O)c2ccc(Cl)c(S(=O)(=O)NCc3ccccc3)c2)CC1. The summed E-state index contributed by atoms with van der Waals surface area (Å²) in [4.78, 5) is 14.6. The van der Waals surface area contributed by atoms with E-state index in [9.17, 15) is 13.2 Å². The molecule has 1 amide bonds. The van der Waals surface area contributed by atoms with Gasteiger partial charge in [0.05, 0.1) is 5.02 Å². The Morgan fingerprint density at radius 1 is 1.10 bits per heavy atom. The molecule has 0 heterocycles. The second-order valence-corrected chi connectivity index (χ2v) is 9.93. The summed E-state index contributed by atoms with van der Waals surface area (Å²) in [5.41, 5.74) is 1.17. The highest BCUT2D eigenvalue weighted by molar-refractivity contribution is 7.89. The first-order valence-electron chi connectivity index (χ1n) is 9.88. The molecule has 0 spiro atoms. The van der Waals surface area contributed by atoms with E-state index in [1.807, 2.05) is 30.3 Å². The molecule has 29 heavy (non-hydrogen) atoms. The van der Waals surface area contributed by atoms with E-state index in [0.29, 0.717) is 11.5 Å². The van der Waals surface area contributed by atoms with Gasteiger partial charge in [0.2, 0.25) is 10.0 Å². The summed E-state index contributed by atoms with van der Waals surface area (Å²) in [6.07, 6.45) is 4.15. The van der Waals surface area contributed by atoms with Crippen LogP contribution in [0.3, 0.4) is 0 Å². The molecule has 0 saturated heterocycles. The van der Waals surface area contributed by atoms with Crippen molar-refractivity contribution < 1.29 is 13.2 Å². The van der Waals surface area contributed by atoms with Crippen LogP contribution in [0.4, 0.5) is 0 Å². The van der Waals surface area contributed by atoms with Crippen LogP contribution in [0.2, 0.25) is 5.02 Å². The van der Waals surface area contributed by atoms with Crippen LogP contribution in [0.25, 0.3) is 0 Å². The Morgan fingerprint density at radius 2 is 1.76 bits per heavy atom. The summed E-state index contributed by atoms with van der Waals surface area (Å²) in [6.45, 7) is 2.38. The van der Waals surface area contributed by atoms with Gasteiger partial charge in [-0.3, -0.25) is 4.79 Å². The molecular weight excluding hydrogens is 408 g/mol. The van der Waals surface area contributed by atoms with Gasteiger partial charge in [0.25, 0.3) is 5.91 Å². The third-order valence-corrected chi connectivity index (χ3v) is 7.51. The van der Waals surface area contributed by atoms with Gasteiger partial charge >= 0.3 is 0 Å². The largest absolute Gasteiger partial charge is 0.339 e. The van der Waals surface area contributed by atoms with Crippen LogP contribution in [0, 0.1) is 5.92 Å². The van der Waals surface area contributed by atoms with E-state index in [4.69, 9.17) is 11.6 Å². The molecule has 0 unspecified atom stereocenters. The van der Waals surface area contributed by atoms with Crippen molar-refractivity contribution in [2.75, 3.05) is 7.05 Å². The number of hydrogen-bond donors (Lipinski definition) is 1. The van der Waals surface area contributed by atoms with Crippen molar-refractivity contribution in [1.29, 1.82) is 0 Å². The number of nitrogens with one attached hydrogen (secondary N) is 1. The molecule has 0 radical (unpaired) electrons. The molecule has 7 heteroatoms. The summed E-state index contributed by atoms with van der Waals surface area (Å²) < 4.78 is 28.1. The maximum atomic E-state index is 13.0. The van der Waals surface area contributed by atoms with E-state index in [-0.39, 0.29) is 28.4 Å². The van der Waals surface area contributed by atoms with Gasteiger partial charge in [0.15, 0.2) is 0 Å². The maximum absolute atomic E-state index is 13.0. The van der Waals surface area contributed by atoms with Crippen molar-refractivity contribution in [1.82, 2.24) is 9.62 Å². The van der Waals surface area contributed by atoms with Crippen molar-refractivity contribution in [2.24, 2.45) is 5.92 Å². The van der Waals surface area contributed by atoms with Gasteiger partial charge in [-0.2, -0.15) is 0 Å². The van der Waals surface area contributed by atoms with Crippen molar-refractivity contribution >= 4 is 27.5 Å². The highest BCUT2D eigenvalue weighted by atomic mass is 35.5. The fourth-order valence-corrected chi connectivity index (χ4v) is 5.23. The highest BCUT2D eigenvalue weighted by Crippen LogP contribution is 2.28. The lowest BCUT2D eigenvalue weighted by Crippen LogP contribution is -2.39. The van der Waals surface area contributed by atoms with Gasteiger partial charge < -0.3 is 4.90 Å². The van der Waals surface area contributed by atoms with Gasteiger partial charge in [0, 0.05) is 25.2 Å². The second kappa shape index (κ2) is 9.28. The van der Waals surface area contributed by atoms with Crippen molar-refractivity contribution in [3.8, 4) is 0 Å². The van der Waals surface area contributed by atoms with Crippen molar-refractivity contribution in [2.45, 2.75) is 50.1 Å². The zero-order valence-corrected chi connectivity index (χ0v) is 18.3. The summed E-state index contributed by atoms with van der Waals surface area (Å²) in [7, 11) is -2.06. The van der Waals surface area contributed by atoms with E-state index >= 15 is 0 Å². The quantitative estimate of drug-likeness (QED) is 0.729. The van der Waals surface area contributed by atoms with Crippen LogP contribution in [-0.4, -0.2) is 32.3 Å². The predicted molar refractivity (Wildman–Crippen MR) is 115 cm³/mol. The molecule has 2 aromatic rings. The topological polar surface area (TPSA) is 66.5 Å². The number of nitrogens with zero attached hydrogens (tertiary/aromatic N) is 1. The number of carbonyl (C=O) groups excluding carboxylic acids is 1. The Labute approximate surface area is 178 Å². The molecule has 1 N–H and O–H groups in total. The lowest BCUT2D eigenvalue weighted by Gasteiger charge is -2.33. The molecule has 0 atom stereocenters. The fraction of sp³-hybridized carbons (Fsp3) is 0.409. The lowest BCUT2D eigenvalue weighted by molar-refractivity contribution is 0.0679. The second-order valence-electron chi connectivity index (χ2n) is 7.79. The van der Waals surface area contributed by atoms with E-state index in [2.05, 4.69) is 11.6 Å². The van der Waals surface area contributed by atoms with Crippen LogP contribution in [0.1, 0.15) is 48.5 Å². The average molecular weight is 435 g/mol. The van der Waals surface area contributed by atoms with Crippen LogP contribution in [-0.2, 0) is 16.6 Å². The molecule has 2 aromatic carbocycles. The molecule has 1 aliphatic carbocycles. The molecule has 0 aromatic heterocycles. The minimum atomic E-state index is -3.86. The Balaban J connectivity index is 1.77. The summed E-state index contributed by atoms with van der Waals surface area (Å²) in [5, 5.41) is 0.0938. The molecule has 156 valence electrons. The van der Waals surface area contributed by atoms with Gasteiger partial charge in [-0.25, -0.2) is 13.1 Å². The molecule has 3 rings (SSSR count). The van der Waals surface area contributed by atoms with E-state index < -0.39 is 10.0 Å². The van der Waals surface area contributed by atoms with Crippen molar-refractivity contribution in [3.05, 3.63) is 64.7 Å². The Bertz CT molecular complexity index is 955. The number of sulfonamides is 1. The smallest absolute Gasteiger partial charge is 0.253 e. The molecular formula is C22H27ClN2O3S. The molecule has 5 nitrogen and oxygen atoms in total.